The van der Waals surface area contributed by atoms with Gasteiger partial charge in [-0.2, -0.15) is 0 Å². The summed E-state index contributed by atoms with van der Waals surface area (Å²) in [6, 6.07) is 4.98. The van der Waals surface area contributed by atoms with Crippen LogP contribution in [0.3, 0.4) is 0 Å². The number of carbonyl (C=O) groups is 1. The first kappa shape index (κ1) is 10.2. The molecule has 0 spiro atoms. The van der Waals surface area contributed by atoms with Crippen LogP contribution < -0.4 is 0 Å². The summed E-state index contributed by atoms with van der Waals surface area (Å²) in [7, 11) is 1.32. The lowest BCUT2D eigenvalue weighted by Gasteiger charge is -2.02. The van der Waals surface area contributed by atoms with Crippen LogP contribution in [0.5, 0.6) is 0 Å². The topological polar surface area (TPSA) is 46.5 Å². The molecule has 0 bridgehead atoms. The third-order valence-electron chi connectivity index (χ3n) is 1.56. The molecular weight excluding hydrogens is 236 g/mol. The number of ether oxygens (including phenoxy) is 1. The largest absolute Gasteiger partial charge is 0.465 e. The fourth-order valence-corrected chi connectivity index (χ4v) is 1.52. The maximum atomic E-state index is 11.1. The molecule has 70 valence electrons. The van der Waals surface area contributed by atoms with Gasteiger partial charge in [0.05, 0.1) is 19.3 Å². The van der Waals surface area contributed by atoms with E-state index in [1.165, 1.54) is 7.11 Å². The Morgan fingerprint density at radius 1 is 1.54 bits per heavy atom. The van der Waals surface area contributed by atoms with Crippen LogP contribution in [-0.4, -0.2) is 18.2 Å². The minimum atomic E-state index is -0.406. The molecule has 0 amide bonds. The van der Waals surface area contributed by atoms with Crippen molar-refractivity contribution >= 4 is 21.9 Å². The minimum absolute atomic E-state index is 0.0938. The second kappa shape index (κ2) is 4.39. The molecule has 0 fully saturated rings. The summed E-state index contributed by atoms with van der Waals surface area (Å²) >= 11 is 3.23. The van der Waals surface area contributed by atoms with Crippen molar-refractivity contribution < 1.29 is 14.6 Å². The highest BCUT2D eigenvalue weighted by Gasteiger charge is 2.07. The Morgan fingerprint density at radius 3 is 2.77 bits per heavy atom. The van der Waals surface area contributed by atoms with E-state index in [1.54, 1.807) is 18.2 Å². The summed E-state index contributed by atoms with van der Waals surface area (Å²) in [6.07, 6.45) is 0. The van der Waals surface area contributed by atoms with Crippen molar-refractivity contribution in [2.24, 2.45) is 0 Å². The molecule has 1 aromatic carbocycles. The van der Waals surface area contributed by atoms with Crippen molar-refractivity contribution in [2.45, 2.75) is 6.61 Å². The van der Waals surface area contributed by atoms with Crippen molar-refractivity contribution in [3.05, 3.63) is 33.8 Å². The molecule has 0 aliphatic rings. The number of halogens is 1. The van der Waals surface area contributed by atoms with E-state index in [2.05, 4.69) is 20.7 Å². The lowest BCUT2D eigenvalue weighted by atomic mass is 10.1. The zero-order valence-corrected chi connectivity index (χ0v) is 8.67. The van der Waals surface area contributed by atoms with E-state index in [0.717, 1.165) is 4.47 Å². The highest BCUT2D eigenvalue weighted by molar-refractivity contribution is 9.10. The van der Waals surface area contributed by atoms with Gasteiger partial charge >= 0.3 is 5.97 Å². The smallest absolute Gasteiger partial charge is 0.337 e. The molecule has 13 heavy (non-hydrogen) atoms. The number of carbonyl (C=O) groups excluding carboxylic acids is 1. The zero-order chi connectivity index (χ0) is 9.84. The highest BCUT2D eigenvalue weighted by atomic mass is 79.9. The van der Waals surface area contributed by atoms with Gasteiger partial charge in [0.15, 0.2) is 0 Å². The van der Waals surface area contributed by atoms with Gasteiger partial charge in [-0.15, -0.1) is 0 Å². The van der Waals surface area contributed by atoms with E-state index in [1.807, 2.05) is 0 Å². The van der Waals surface area contributed by atoms with E-state index in [0.29, 0.717) is 11.1 Å². The molecule has 1 aromatic rings. The van der Waals surface area contributed by atoms with Gasteiger partial charge in [-0.3, -0.25) is 0 Å². The van der Waals surface area contributed by atoms with Crippen molar-refractivity contribution in [3.8, 4) is 0 Å². The summed E-state index contributed by atoms with van der Waals surface area (Å²) in [5, 5.41) is 8.87. The number of hydrogen-bond acceptors (Lipinski definition) is 3. The third-order valence-corrected chi connectivity index (χ3v) is 2.02. The number of methoxy groups -OCH3 is 1. The Hall–Kier alpha value is -0.870. The van der Waals surface area contributed by atoms with Gasteiger partial charge in [-0.25, -0.2) is 4.79 Å². The lowest BCUT2D eigenvalue weighted by Crippen LogP contribution is -2.02. The molecule has 1 rings (SSSR count). The van der Waals surface area contributed by atoms with Crippen LogP contribution in [0.25, 0.3) is 0 Å². The van der Waals surface area contributed by atoms with Crippen LogP contribution in [0, 0.1) is 0 Å². The molecule has 0 saturated carbocycles. The monoisotopic (exact) mass is 244 g/mol. The number of benzene rings is 1. The molecule has 0 atom stereocenters. The van der Waals surface area contributed by atoms with Crippen LogP contribution in [0.15, 0.2) is 22.7 Å². The van der Waals surface area contributed by atoms with Crippen molar-refractivity contribution in [2.75, 3.05) is 7.11 Å². The first-order valence-corrected chi connectivity index (χ1v) is 4.45. The Labute approximate surface area is 84.5 Å². The molecule has 0 unspecified atom stereocenters. The van der Waals surface area contributed by atoms with E-state index in [4.69, 9.17) is 5.11 Å². The molecule has 0 heterocycles. The first-order valence-electron chi connectivity index (χ1n) is 3.66. The fourth-order valence-electron chi connectivity index (χ4n) is 0.977. The molecule has 0 aliphatic carbocycles. The average molecular weight is 245 g/mol. The van der Waals surface area contributed by atoms with Gasteiger partial charge < -0.3 is 9.84 Å². The van der Waals surface area contributed by atoms with Gasteiger partial charge in [-0.1, -0.05) is 15.9 Å². The number of aliphatic hydroxyl groups excluding tert-OH is 1. The average Bonchev–Trinajstić information content (AvgIpc) is 2.15. The number of hydrogen-bond donors (Lipinski definition) is 1. The van der Waals surface area contributed by atoms with Crippen LogP contribution >= 0.6 is 15.9 Å². The normalized spacial score (nSPS) is 9.77. The predicted molar refractivity (Wildman–Crippen MR) is 51.4 cm³/mol. The Morgan fingerprint density at radius 2 is 2.23 bits per heavy atom. The Kier molecular flexibility index (Phi) is 3.45. The molecule has 0 saturated heterocycles. The maximum absolute atomic E-state index is 11.1. The summed E-state index contributed by atoms with van der Waals surface area (Å²) in [4.78, 5) is 11.1. The SMILES string of the molecule is COC(=O)c1cc(Br)cc(CO)c1. The van der Waals surface area contributed by atoms with E-state index >= 15 is 0 Å². The van der Waals surface area contributed by atoms with Gasteiger partial charge in [0, 0.05) is 4.47 Å². The summed E-state index contributed by atoms with van der Waals surface area (Å²) in [5.74, 6) is -0.406. The molecule has 0 aliphatic heterocycles. The van der Waals surface area contributed by atoms with Crippen LogP contribution in [0.4, 0.5) is 0 Å². The van der Waals surface area contributed by atoms with Crippen LogP contribution in [-0.2, 0) is 11.3 Å². The predicted octanol–water partition coefficient (Wildman–Crippen LogP) is 1.73. The molecule has 0 radical (unpaired) electrons. The van der Waals surface area contributed by atoms with Gasteiger partial charge in [0.2, 0.25) is 0 Å². The van der Waals surface area contributed by atoms with Gasteiger partial charge in [-0.05, 0) is 23.8 Å². The van der Waals surface area contributed by atoms with Crippen molar-refractivity contribution in [1.29, 1.82) is 0 Å². The fraction of sp³-hybridized carbons (Fsp3) is 0.222. The molecular formula is C9H9BrO3. The number of esters is 1. The quantitative estimate of drug-likeness (QED) is 0.807. The minimum Gasteiger partial charge on any atom is -0.465 e. The molecule has 3 nitrogen and oxygen atoms in total. The molecule has 1 N–H and O–H groups in total. The molecule has 0 aromatic heterocycles. The lowest BCUT2D eigenvalue weighted by molar-refractivity contribution is 0.0600. The maximum Gasteiger partial charge on any atom is 0.337 e. The summed E-state index contributed by atoms with van der Waals surface area (Å²) < 4.78 is 5.30. The van der Waals surface area contributed by atoms with Crippen molar-refractivity contribution in [3.63, 3.8) is 0 Å². The van der Waals surface area contributed by atoms with Gasteiger partial charge in [0.25, 0.3) is 0 Å². The Balaban J connectivity index is 3.08. The van der Waals surface area contributed by atoms with Gasteiger partial charge in [0.1, 0.15) is 0 Å². The highest BCUT2D eigenvalue weighted by Crippen LogP contribution is 2.16. The molecule has 4 heteroatoms. The number of aliphatic hydroxyl groups is 1. The van der Waals surface area contributed by atoms with Crippen LogP contribution in [0.1, 0.15) is 15.9 Å². The standard InChI is InChI=1S/C9H9BrO3/c1-13-9(12)7-2-6(5-11)3-8(10)4-7/h2-4,11H,5H2,1H3. The second-order valence-electron chi connectivity index (χ2n) is 2.50. The zero-order valence-electron chi connectivity index (χ0n) is 7.08. The summed E-state index contributed by atoms with van der Waals surface area (Å²) in [5.41, 5.74) is 1.11. The third kappa shape index (κ3) is 2.54. The van der Waals surface area contributed by atoms with E-state index < -0.39 is 5.97 Å². The van der Waals surface area contributed by atoms with E-state index in [-0.39, 0.29) is 6.61 Å². The van der Waals surface area contributed by atoms with E-state index in [9.17, 15) is 4.79 Å². The Bertz CT molecular complexity index is 323. The van der Waals surface area contributed by atoms with Crippen molar-refractivity contribution in [1.82, 2.24) is 0 Å². The first-order chi connectivity index (χ1) is 6.17. The summed E-state index contributed by atoms with van der Waals surface area (Å²) in [6.45, 7) is -0.0938. The van der Waals surface area contributed by atoms with Crippen LogP contribution in [0.2, 0.25) is 0 Å². The second-order valence-corrected chi connectivity index (χ2v) is 3.41. The number of rotatable bonds is 2.